The molecule has 0 saturated carbocycles. The fraction of sp³-hybridized carbons (Fsp3) is 0.250. The highest BCUT2D eigenvalue weighted by molar-refractivity contribution is 5.94. The predicted octanol–water partition coefficient (Wildman–Crippen LogP) is 4.49. The summed E-state index contributed by atoms with van der Waals surface area (Å²) in [5, 5.41) is 12.4. The maximum Gasteiger partial charge on any atom is 0.301 e. The van der Waals surface area contributed by atoms with Crippen LogP contribution >= 0.6 is 0 Å². The van der Waals surface area contributed by atoms with Crippen molar-refractivity contribution in [3.05, 3.63) is 70.4 Å². The Morgan fingerprint density at radius 3 is 2.73 bits per heavy atom. The summed E-state index contributed by atoms with van der Waals surface area (Å²) < 4.78 is 5.23. The monoisotopic (exact) mass is 349 g/mol. The van der Waals surface area contributed by atoms with Crippen molar-refractivity contribution in [2.24, 2.45) is 0 Å². The van der Waals surface area contributed by atoms with Crippen LogP contribution in [0.4, 0.5) is 11.4 Å². The van der Waals surface area contributed by atoms with Gasteiger partial charge in [0.15, 0.2) is 0 Å². The molecule has 6 nitrogen and oxygen atoms in total. The Morgan fingerprint density at radius 2 is 2.00 bits per heavy atom. The lowest BCUT2D eigenvalue weighted by Gasteiger charge is -2.27. The van der Waals surface area contributed by atoms with Gasteiger partial charge >= 0.3 is 5.69 Å². The topological polar surface area (TPSA) is 68.5 Å². The van der Waals surface area contributed by atoms with Crippen LogP contribution in [-0.4, -0.2) is 23.6 Å². The zero-order chi connectivity index (χ0) is 18.1. The normalized spacial score (nSPS) is 16.8. The Kier molecular flexibility index (Phi) is 4.16. The minimum atomic E-state index is -0.289. The van der Waals surface area contributed by atoms with Gasteiger partial charge in [0.25, 0.3) is 0 Å². The third kappa shape index (κ3) is 2.73. The number of anilines is 1. The van der Waals surface area contributed by atoms with E-state index >= 15 is 0 Å². The van der Waals surface area contributed by atoms with Crippen LogP contribution in [0.2, 0.25) is 0 Å². The lowest BCUT2D eigenvalue weighted by Crippen LogP contribution is -2.23. The summed E-state index contributed by atoms with van der Waals surface area (Å²) in [6, 6.07) is 15.3. The van der Waals surface area contributed by atoms with E-state index in [0.29, 0.717) is 16.6 Å². The number of hydrogen-bond donors (Lipinski definition) is 0. The summed E-state index contributed by atoms with van der Waals surface area (Å²) in [7, 11) is 1.64. The molecule has 0 aliphatic carbocycles. The van der Waals surface area contributed by atoms with Crippen LogP contribution in [0.15, 0.2) is 54.7 Å². The maximum atomic E-state index is 11.9. The summed E-state index contributed by atoms with van der Waals surface area (Å²) in [5.41, 5.74) is 2.58. The Hall–Kier alpha value is -3.15. The van der Waals surface area contributed by atoms with Gasteiger partial charge in [-0.15, -0.1) is 0 Å². The molecule has 0 spiro atoms. The highest BCUT2D eigenvalue weighted by atomic mass is 16.6. The van der Waals surface area contributed by atoms with Crippen molar-refractivity contribution in [1.29, 1.82) is 0 Å². The second-order valence-electron chi connectivity index (χ2n) is 6.39. The lowest BCUT2D eigenvalue weighted by atomic mass is 10.0. The number of nitro groups is 1. The smallest absolute Gasteiger partial charge is 0.301 e. The molecule has 3 aromatic rings. The van der Waals surface area contributed by atoms with E-state index in [2.05, 4.69) is 9.88 Å². The summed E-state index contributed by atoms with van der Waals surface area (Å²) in [6.45, 7) is 0.795. The molecule has 0 radical (unpaired) electrons. The number of ether oxygens (including phenoxy) is 1. The summed E-state index contributed by atoms with van der Waals surface area (Å²) in [6.07, 6.45) is 3.62. The van der Waals surface area contributed by atoms with Crippen LogP contribution in [-0.2, 0) is 0 Å². The maximum absolute atomic E-state index is 11.9. The lowest BCUT2D eigenvalue weighted by molar-refractivity contribution is -0.382. The van der Waals surface area contributed by atoms with Gasteiger partial charge in [0.05, 0.1) is 29.0 Å². The molecule has 0 unspecified atom stereocenters. The van der Waals surface area contributed by atoms with Gasteiger partial charge in [-0.2, -0.15) is 0 Å². The van der Waals surface area contributed by atoms with Crippen LogP contribution in [0.25, 0.3) is 10.9 Å². The molecule has 2 aromatic carbocycles. The minimum absolute atomic E-state index is 0.119. The Balaban J connectivity index is 1.80. The van der Waals surface area contributed by atoms with E-state index in [1.807, 2.05) is 36.4 Å². The zero-order valence-electron chi connectivity index (χ0n) is 14.5. The van der Waals surface area contributed by atoms with Gasteiger partial charge in [0.2, 0.25) is 0 Å². The first kappa shape index (κ1) is 16.3. The number of pyridine rings is 1. The standard InChI is InChI=1S/C20H19N3O3/c1-26-15-8-6-14(7-9-15)18-5-3-13-22(18)19-11-10-17-16(4-2-12-21-17)20(19)23(24)25/h2,4,6-12,18H,3,5,13H2,1H3/t18-/m1/s1. The molecule has 6 heteroatoms. The highest BCUT2D eigenvalue weighted by Gasteiger charge is 2.32. The molecule has 1 fully saturated rings. The van der Waals surface area contributed by atoms with Crippen LogP contribution in [0.1, 0.15) is 24.4 Å². The number of hydrogen-bond acceptors (Lipinski definition) is 5. The summed E-state index contributed by atoms with van der Waals surface area (Å²) in [4.78, 5) is 18.0. The van der Waals surface area contributed by atoms with Gasteiger partial charge in [-0.1, -0.05) is 12.1 Å². The fourth-order valence-electron chi connectivity index (χ4n) is 3.78. The number of rotatable bonds is 4. The van der Waals surface area contributed by atoms with Gasteiger partial charge in [-0.25, -0.2) is 0 Å². The van der Waals surface area contributed by atoms with Crippen molar-refractivity contribution in [1.82, 2.24) is 4.98 Å². The molecule has 1 atom stereocenters. The molecule has 0 N–H and O–H groups in total. The van der Waals surface area contributed by atoms with E-state index in [0.717, 1.165) is 30.7 Å². The number of benzene rings is 2. The van der Waals surface area contributed by atoms with E-state index in [1.54, 1.807) is 25.4 Å². The van der Waals surface area contributed by atoms with Crippen molar-refractivity contribution in [2.75, 3.05) is 18.6 Å². The third-order valence-electron chi connectivity index (χ3n) is 4.98. The summed E-state index contributed by atoms with van der Waals surface area (Å²) >= 11 is 0. The van der Waals surface area contributed by atoms with Crippen molar-refractivity contribution >= 4 is 22.3 Å². The quantitative estimate of drug-likeness (QED) is 0.513. The van der Waals surface area contributed by atoms with Crippen molar-refractivity contribution in [2.45, 2.75) is 18.9 Å². The number of methoxy groups -OCH3 is 1. The Bertz CT molecular complexity index is 956. The Morgan fingerprint density at radius 1 is 1.19 bits per heavy atom. The number of aromatic nitrogens is 1. The minimum Gasteiger partial charge on any atom is -0.497 e. The predicted molar refractivity (Wildman–Crippen MR) is 101 cm³/mol. The molecule has 0 bridgehead atoms. The van der Waals surface area contributed by atoms with Crippen molar-refractivity contribution in [3.63, 3.8) is 0 Å². The van der Waals surface area contributed by atoms with Gasteiger partial charge < -0.3 is 9.64 Å². The van der Waals surface area contributed by atoms with E-state index in [-0.39, 0.29) is 16.7 Å². The van der Waals surface area contributed by atoms with Gasteiger partial charge in [0, 0.05) is 12.7 Å². The van der Waals surface area contributed by atoms with E-state index in [4.69, 9.17) is 4.74 Å². The molecule has 0 amide bonds. The van der Waals surface area contributed by atoms with Crippen LogP contribution < -0.4 is 9.64 Å². The van der Waals surface area contributed by atoms with Gasteiger partial charge in [-0.3, -0.25) is 15.1 Å². The highest BCUT2D eigenvalue weighted by Crippen LogP contribution is 2.43. The second-order valence-corrected chi connectivity index (χ2v) is 6.39. The molecular weight excluding hydrogens is 330 g/mol. The fourth-order valence-corrected chi connectivity index (χ4v) is 3.78. The van der Waals surface area contributed by atoms with Crippen molar-refractivity contribution in [3.8, 4) is 5.75 Å². The molecule has 1 saturated heterocycles. The van der Waals surface area contributed by atoms with Crippen LogP contribution in [0.3, 0.4) is 0 Å². The zero-order valence-corrected chi connectivity index (χ0v) is 14.5. The first-order valence-corrected chi connectivity index (χ1v) is 8.62. The molecule has 4 rings (SSSR count). The van der Waals surface area contributed by atoms with Crippen LogP contribution in [0.5, 0.6) is 5.75 Å². The molecule has 1 aliphatic heterocycles. The van der Waals surface area contributed by atoms with Gasteiger partial charge in [-0.05, 0) is 54.8 Å². The van der Waals surface area contributed by atoms with Crippen LogP contribution in [0, 0.1) is 10.1 Å². The summed E-state index contributed by atoms with van der Waals surface area (Å²) in [5.74, 6) is 0.807. The average Bonchev–Trinajstić information content (AvgIpc) is 3.16. The van der Waals surface area contributed by atoms with E-state index in [9.17, 15) is 10.1 Å². The molecule has 132 valence electrons. The molecule has 2 heterocycles. The van der Waals surface area contributed by atoms with Crippen molar-refractivity contribution < 1.29 is 9.66 Å². The molecular formula is C20H19N3O3. The largest absolute Gasteiger partial charge is 0.497 e. The molecule has 26 heavy (non-hydrogen) atoms. The van der Waals surface area contributed by atoms with E-state index < -0.39 is 0 Å². The first-order chi connectivity index (χ1) is 12.7. The second kappa shape index (κ2) is 6.63. The number of fused-ring (bicyclic) bond motifs is 1. The molecule has 1 aromatic heterocycles. The number of nitro benzene ring substituents is 1. The molecule has 1 aliphatic rings. The van der Waals surface area contributed by atoms with E-state index in [1.165, 1.54) is 0 Å². The number of nitrogens with zero attached hydrogens (tertiary/aromatic N) is 3. The Labute approximate surface area is 151 Å². The SMILES string of the molecule is COc1ccc([C@H]2CCCN2c2ccc3ncccc3c2[N+](=O)[O-])cc1. The van der Waals surface area contributed by atoms with Gasteiger partial charge in [0.1, 0.15) is 11.4 Å². The third-order valence-corrected chi connectivity index (χ3v) is 4.98. The average molecular weight is 349 g/mol. The first-order valence-electron chi connectivity index (χ1n) is 8.62.